The fourth-order valence-electron chi connectivity index (χ4n) is 3.20. The van der Waals surface area contributed by atoms with Crippen molar-refractivity contribution in [1.82, 2.24) is 4.98 Å². The summed E-state index contributed by atoms with van der Waals surface area (Å²) in [5, 5.41) is 9.05. The quantitative estimate of drug-likeness (QED) is 0.337. The zero-order valence-corrected chi connectivity index (χ0v) is 18.5. The molecule has 0 fully saturated rings. The summed E-state index contributed by atoms with van der Waals surface area (Å²) in [6.07, 6.45) is 0.440. The number of oxazole rings is 1. The first-order valence-corrected chi connectivity index (χ1v) is 11.2. The summed E-state index contributed by atoms with van der Waals surface area (Å²) in [6, 6.07) is 25.4. The predicted octanol–water partition coefficient (Wildman–Crippen LogP) is 5.13. The molecule has 0 aliphatic rings. The third kappa shape index (κ3) is 5.62. The van der Waals surface area contributed by atoms with Crippen LogP contribution in [0.25, 0.3) is 11.1 Å². The highest BCUT2D eigenvalue weighted by molar-refractivity contribution is 8.00. The van der Waals surface area contributed by atoms with E-state index in [0.29, 0.717) is 25.6 Å². The van der Waals surface area contributed by atoms with Crippen LogP contribution in [0.5, 0.6) is 5.75 Å². The Morgan fingerprint density at radius 1 is 1.06 bits per heavy atom. The van der Waals surface area contributed by atoms with Crippen LogP contribution in [0, 0.1) is 0 Å². The summed E-state index contributed by atoms with van der Waals surface area (Å²) in [6.45, 7) is 1.08. The van der Waals surface area contributed by atoms with Crippen molar-refractivity contribution >= 4 is 34.8 Å². The Morgan fingerprint density at radius 2 is 1.78 bits per heavy atom. The number of aliphatic carboxylic acids is 1. The summed E-state index contributed by atoms with van der Waals surface area (Å²) in [7, 11) is 1.91. The van der Waals surface area contributed by atoms with E-state index in [1.165, 1.54) is 11.8 Å². The molecule has 164 valence electrons. The monoisotopic (exact) mass is 448 g/mol. The van der Waals surface area contributed by atoms with Gasteiger partial charge >= 0.3 is 5.97 Å². The van der Waals surface area contributed by atoms with Crippen LogP contribution in [0.2, 0.25) is 0 Å². The zero-order chi connectivity index (χ0) is 22.3. The summed E-state index contributed by atoms with van der Waals surface area (Å²) >= 11 is 1.36. The number of benzene rings is 3. The SMILES string of the molecule is CN(CCOc1ccc(CC(Sc2ccccc2)C(=O)O)cc1)c1nc2ccccc2o1. The van der Waals surface area contributed by atoms with Crippen LogP contribution < -0.4 is 9.64 Å². The van der Waals surface area contributed by atoms with Gasteiger partial charge in [0, 0.05) is 11.9 Å². The van der Waals surface area contributed by atoms with E-state index in [4.69, 9.17) is 9.15 Å². The zero-order valence-electron chi connectivity index (χ0n) is 17.7. The number of carboxylic acid groups (broad SMARTS) is 1. The molecular weight excluding hydrogens is 424 g/mol. The number of carbonyl (C=O) groups is 1. The van der Waals surface area contributed by atoms with E-state index in [1.807, 2.05) is 90.8 Å². The van der Waals surface area contributed by atoms with Gasteiger partial charge in [-0.25, -0.2) is 0 Å². The first-order valence-electron chi connectivity index (χ1n) is 10.3. The highest BCUT2D eigenvalue weighted by atomic mass is 32.2. The molecule has 1 heterocycles. The van der Waals surface area contributed by atoms with E-state index in [-0.39, 0.29) is 0 Å². The van der Waals surface area contributed by atoms with Crippen LogP contribution in [0.4, 0.5) is 6.01 Å². The molecule has 3 aromatic carbocycles. The van der Waals surface area contributed by atoms with Gasteiger partial charge in [-0.15, -0.1) is 11.8 Å². The smallest absolute Gasteiger partial charge is 0.317 e. The third-order valence-electron chi connectivity index (χ3n) is 4.95. The fraction of sp³-hybridized carbons (Fsp3) is 0.200. The predicted molar refractivity (Wildman–Crippen MR) is 127 cm³/mol. The number of ether oxygens (including phenoxy) is 1. The molecule has 0 bridgehead atoms. The van der Waals surface area contributed by atoms with Crippen molar-refractivity contribution in [2.24, 2.45) is 0 Å². The Kier molecular flexibility index (Phi) is 6.97. The van der Waals surface area contributed by atoms with Gasteiger partial charge in [-0.3, -0.25) is 4.79 Å². The Bertz CT molecular complexity index is 1130. The molecule has 1 N–H and O–H groups in total. The number of para-hydroxylation sites is 2. The number of nitrogens with zero attached hydrogens (tertiary/aromatic N) is 2. The standard InChI is InChI=1S/C25H24N2O4S/c1-27(25-26-21-9-5-6-10-22(21)31-25)15-16-30-19-13-11-18(12-14-19)17-23(24(28)29)32-20-7-3-2-4-8-20/h2-14,23H,15-17H2,1H3,(H,28,29). The maximum atomic E-state index is 11.7. The van der Waals surface area contributed by atoms with E-state index in [2.05, 4.69) is 4.98 Å². The lowest BCUT2D eigenvalue weighted by Crippen LogP contribution is -2.24. The minimum Gasteiger partial charge on any atom is -0.492 e. The van der Waals surface area contributed by atoms with Crippen molar-refractivity contribution in [3.8, 4) is 5.75 Å². The summed E-state index contributed by atoms with van der Waals surface area (Å²) < 4.78 is 11.6. The van der Waals surface area contributed by atoms with Crippen molar-refractivity contribution in [2.45, 2.75) is 16.6 Å². The number of rotatable bonds is 10. The van der Waals surface area contributed by atoms with E-state index in [0.717, 1.165) is 27.3 Å². The van der Waals surface area contributed by atoms with E-state index in [1.54, 1.807) is 0 Å². The van der Waals surface area contributed by atoms with Crippen molar-refractivity contribution in [2.75, 3.05) is 25.1 Å². The molecule has 7 heteroatoms. The second-order valence-corrected chi connectivity index (χ2v) is 8.62. The van der Waals surface area contributed by atoms with Crippen LogP contribution in [-0.2, 0) is 11.2 Å². The van der Waals surface area contributed by atoms with E-state index in [9.17, 15) is 9.90 Å². The molecule has 0 aliphatic carbocycles. The fourth-order valence-corrected chi connectivity index (χ4v) is 4.22. The van der Waals surface area contributed by atoms with Crippen molar-refractivity contribution in [3.63, 3.8) is 0 Å². The maximum Gasteiger partial charge on any atom is 0.317 e. The summed E-state index contributed by atoms with van der Waals surface area (Å²) in [4.78, 5) is 19.0. The molecule has 32 heavy (non-hydrogen) atoms. The Hall–Kier alpha value is -3.45. The number of thioether (sulfide) groups is 1. The number of likely N-dealkylation sites (N-methyl/N-ethyl adjacent to an activating group) is 1. The van der Waals surface area contributed by atoms with Gasteiger partial charge in [-0.1, -0.05) is 42.5 Å². The molecule has 0 aliphatic heterocycles. The Labute approximate surface area is 190 Å². The highest BCUT2D eigenvalue weighted by Gasteiger charge is 2.19. The van der Waals surface area contributed by atoms with Crippen LogP contribution in [0.3, 0.4) is 0 Å². The molecule has 0 spiro atoms. The topological polar surface area (TPSA) is 75.8 Å². The number of fused-ring (bicyclic) bond motifs is 1. The molecule has 4 aromatic rings. The maximum absolute atomic E-state index is 11.7. The van der Waals surface area contributed by atoms with Gasteiger partial charge in [0.2, 0.25) is 0 Å². The van der Waals surface area contributed by atoms with Gasteiger partial charge in [0.15, 0.2) is 5.58 Å². The summed E-state index contributed by atoms with van der Waals surface area (Å²) in [5.74, 6) is -0.0799. The molecule has 0 radical (unpaired) electrons. The minimum absolute atomic E-state index is 0.440. The third-order valence-corrected chi connectivity index (χ3v) is 6.14. The lowest BCUT2D eigenvalue weighted by molar-refractivity contribution is -0.136. The van der Waals surface area contributed by atoms with Gasteiger partial charge in [0.25, 0.3) is 6.01 Å². The van der Waals surface area contributed by atoms with Crippen molar-refractivity contribution in [1.29, 1.82) is 0 Å². The van der Waals surface area contributed by atoms with Gasteiger partial charge in [-0.05, 0) is 48.4 Å². The lowest BCUT2D eigenvalue weighted by Gasteiger charge is -2.15. The van der Waals surface area contributed by atoms with E-state index >= 15 is 0 Å². The van der Waals surface area contributed by atoms with Gasteiger partial charge < -0.3 is 19.2 Å². The molecule has 1 aromatic heterocycles. The second kappa shape index (κ2) is 10.2. The van der Waals surface area contributed by atoms with Crippen LogP contribution in [0.15, 0.2) is 88.2 Å². The lowest BCUT2D eigenvalue weighted by atomic mass is 10.1. The number of carboxylic acids is 1. The molecule has 1 unspecified atom stereocenters. The van der Waals surface area contributed by atoms with Crippen molar-refractivity contribution in [3.05, 3.63) is 84.4 Å². The molecule has 1 atom stereocenters. The van der Waals surface area contributed by atoms with Gasteiger partial charge in [0.05, 0.1) is 6.54 Å². The Balaban J connectivity index is 1.28. The van der Waals surface area contributed by atoms with E-state index < -0.39 is 11.2 Å². The number of aromatic nitrogens is 1. The molecule has 0 saturated carbocycles. The molecule has 4 rings (SSSR count). The molecule has 6 nitrogen and oxygen atoms in total. The number of hydrogen-bond acceptors (Lipinski definition) is 6. The molecule has 0 amide bonds. The second-order valence-electron chi connectivity index (χ2n) is 7.34. The minimum atomic E-state index is -0.818. The number of hydrogen-bond donors (Lipinski definition) is 1. The average Bonchev–Trinajstić information content (AvgIpc) is 3.25. The van der Waals surface area contributed by atoms with Crippen LogP contribution in [0.1, 0.15) is 5.56 Å². The highest BCUT2D eigenvalue weighted by Crippen LogP contribution is 2.26. The van der Waals surface area contributed by atoms with Crippen LogP contribution >= 0.6 is 11.8 Å². The molecular formula is C25H24N2O4S. The van der Waals surface area contributed by atoms with Gasteiger partial charge in [0.1, 0.15) is 23.1 Å². The largest absolute Gasteiger partial charge is 0.492 e. The van der Waals surface area contributed by atoms with Crippen molar-refractivity contribution < 1.29 is 19.1 Å². The normalized spacial score (nSPS) is 11.9. The first kappa shape index (κ1) is 21.8. The number of anilines is 1. The average molecular weight is 449 g/mol. The Morgan fingerprint density at radius 3 is 2.50 bits per heavy atom. The first-order chi connectivity index (χ1) is 15.6. The summed E-state index contributed by atoms with van der Waals surface area (Å²) in [5.41, 5.74) is 2.55. The van der Waals surface area contributed by atoms with Gasteiger partial charge in [-0.2, -0.15) is 4.98 Å². The molecule has 0 saturated heterocycles. The van der Waals surface area contributed by atoms with Crippen LogP contribution in [-0.4, -0.2) is 41.5 Å².